The van der Waals surface area contributed by atoms with E-state index in [0.29, 0.717) is 0 Å². The molecule has 1 aliphatic carbocycles. The highest BCUT2D eigenvalue weighted by Gasteiger charge is 2.21. The van der Waals surface area contributed by atoms with E-state index in [1.807, 2.05) is 6.92 Å². The molecule has 0 atom stereocenters. The van der Waals surface area contributed by atoms with E-state index in [-0.39, 0.29) is 5.41 Å². The lowest BCUT2D eigenvalue weighted by Crippen LogP contribution is -2.26. The van der Waals surface area contributed by atoms with Gasteiger partial charge >= 0.3 is 6.03 Å². The number of urea groups is 1. The maximum Gasteiger partial charge on any atom is 0.332 e. The summed E-state index contributed by atoms with van der Waals surface area (Å²) in [5.74, 6) is 0. The first-order valence-electron chi connectivity index (χ1n) is 5.22. The average Bonchev–Trinajstić information content (AvgIpc) is 2.12. The van der Waals surface area contributed by atoms with Gasteiger partial charge in [-0.15, -0.1) is 0 Å². The molecule has 1 rings (SSSR count). The minimum Gasteiger partial charge on any atom is -0.350 e. The summed E-state index contributed by atoms with van der Waals surface area (Å²) >= 11 is 0. The molecule has 1 aliphatic rings. The van der Waals surface area contributed by atoms with Gasteiger partial charge in [0.1, 0.15) is 0 Å². The van der Waals surface area contributed by atoms with Crippen molar-refractivity contribution in [2.75, 3.05) is 0 Å². The van der Waals surface area contributed by atoms with Crippen molar-refractivity contribution in [2.45, 2.75) is 40.0 Å². The zero-order valence-corrected chi connectivity index (χ0v) is 9.63. The number of hydrogen-bond donors (Lipinski definition) is 2. The van der Waals surface area contributed by atoms with E-state index >= 15 is 0 Å². The number of rotatable bonds is 2. The molecule has 0 aromatic rings. The Balaban J connectivity index is 2.75. The molecular formula is C11H19N3O. The Bertz CT molecular complexity index is 316. The minimum atomic E-state index is -0.620. The lowest BCUT2D eigenvalue weighted by Gasteiger charge is -2.27. The molecule has 0 bridgehead atoms. The van der Waals surface area contributed by atoms with Gasteiger partial charge in [0.2, 0.25) is 0 Å². The van der Waals surface area contributed by atoms with Crippen molar-refractivity contribution in [1.82, 2.24) is 5.43 Å². The number of carbonyl (C=O) groups excluding carboxylic acids is 1. The van der Waals surface area contributed by atoms with Gasteiger partial charge in [-0.2, -0.15) is 5.10 Å². The van der Waals surface area contributed by atoms with Crippen LogP contribution >= 0.6 is 0 Å². The Hall–Kier alpha value is -1.32. The fraction of sp³-hybridized carbons (Fsp3) is 0.636. The predicted molar refractivity (Wildman–Crippen MR) is 61.5 cm³/mol. The SMILES string of the molecule is C/C(=N\NC(N)=O)C1=CC(C)(C)CCC1. The molecule has 15 heavy (non-hydrogen) atoms. The second-order valence-corrected chi connectivity index (χ2v) is 4.68. The van der Waals surface area contributed by atoms with E-state index < -0.39 is 6.03 Å². The number of hydrogen-bond acceptors (Lipinski definition) is 2. The van der Waals surface area contributed by atoms with Gasteiger partial charge in [0.05, 0.1) is 5.71 Å². The number of amides is 2. The van der Waals surface area contributed by atoms with Crippen molar-refractivity contribution >= 4 is 11.7 Å². The highest BCUT2D eigenvalue weighted by molar-refractivity contribution is 5.98. The summed E-state index contributed by atoms with van der Waals surface area (Å²) in [6, 6.07) is -0.620. The second-order valence-electron chi connectivity index (χ2n) is 4.68. The maximum absolute atomic E-state index is 10.5. The van der Waals surface area contributed by atoms with E-state index in [4.69, 9.17) is 5.73 Å². The molecule has 4 nitrogen and oxygen atoms in total. The molecule has 0 aliphatic heterocycles. The van der Waals surface area contributed by atoms with E-state index in [0.717, 1.165) is 12.1 Å². The maximum atomic E-state index is 10.5. The van der Waals surface area contributed by atoms with Crippen LogP contribution in [0.1, 0.15) is 40.0 Å². The molecule has 0 spiro atoms. The molecule has 2 amide bonds. The normalized spacial score (nSPS) is 20.7. The van der Waals surface area contributed by atoms with Crippen LogP contribution in [0.2, 0.25) is 0 Å². The molecular weight excluding hydrogens is 190 g/mol. The summed E-state index contributed by atoms with van der Waals surface area (Å²) in [5.41, 5.74) is 9.49. The number of nitrogens with one attached hydrogen (secondary N) is 1. The van der Waals surface area contributed by atoms with Crippen LogP contribution in [0, 0.1) is 5.41 Å². The average molecular weight is 209 g/mol. The third kappa shape index (κ3) is 3.73. The van der Waals surface area contributed by atoms with E-state index in [1.54, 1.807) is 0 Å². The third-order valence-corrected chi connectivity index (χ3v) is 2.63. The van der Waals surface area contributed by atoms with E-state index in [9.17, 15) is 4.79 Å². The third-order valence-electron chi connectivity index (χ3n) is 2.63. The molecule has 0 aromatic heterocycles. The Kier molecular flexibility index (Phi) is 3.50. The fourth-order valence-electron chi connectivity index (χ4n) is 1.85. The summed E-state index contributed by atoms with van der Waals surface area (Å²) in [6.45, 7) is 6.31. The highest BCUT2D eigenvalue weighted by atomic mass is 16.2. The first kappa shape index (κ1) is 11.8. The quantitative estimate of drug-likeness (QED) is 0.531. The predicted octanol–water partition coefficient (Wildman–Crippen LogP) is 2.17. The van der Waals surface area contributed by atoms with Crippen LogP contribution in [-0.2, 0) is 0 Å². The van der Waals surface area contributed by atoms with Gasteiger partial charge in [0.25, 0.3) is 0 Å². The van der Waals surface area contributed by atoms with Crippen LogP contribution in [0.15, 0.2) is 16.8 Å². The summed E-state index contributed by atoms with van der Waals surface area (Å²) in [7, 11) is 0. The van der Waals surface area contributed by atoms with Gasteiger partial charge in [-0.3, -0.25) is 0 Å². The first-order valence-corrected chi connectivity index (χ1v) is 5.22. The standard InChI is InChI=1S/C11H19N3O/c1-8(13-14-10(12)15)9-5-4-6-11(2,3)7-9/h7H,4-6H2,1-3H3,(H3,12,14,15)/b13-8+. The number of allylic oxidation sites excluding steroid dienone is 2. The molecule has 3 N–H and O–H groups in total. The largest absolute Gasteiger partial charge is 0.350 e. The van der Waals surface area contributed by atoms with Crippen LogP contribution < -0.4 is 11.2 Å². The number of hydrazone groups is 1. The molecule has 0 aromatic carbocycles. The Morgan fingerprint density at radius 1 is 1.60 bits per heavy atom. The molecule has 0 radical (unpaired) electrons. The number of carbonyl (C=O) groups is 1. The highest BCUT2D eigenvalue weighted by Crippen LogP contribution is 2.33. The van der Waals surface area contributed by atoms with Crippen molar-refractivity contribution in [2.24, 2.45) is 16.3 Å². The van der Waals surface area contributed by atoms with Crippen molar-refractivity contribution in [3.05, 3.63) is 11.6 Å². The van der Waals surface area contributed by atoms with Crippen molar-refractivity contribution in [1.29, 1.82) is 0 Å². The van der Waals surface area contributed by atoms with E-state index in [1.165, 1.54) is 18.4 Å². The number of nitrogens with two attached hydrogens (primary N) is 1. The van der Waals surface area contributed by atoms with Crippen LogP contribution in [0.5, 0.6) is 0 Å². The first-order chi connectivity index (χ1) is 6.91. The lowest BCUT2D eigenvalue weighted by atomic mass is 9.79. The Labute approximate surface area is 90.6 Å². The molecule has 0 saturated heterocycles. The lowest BCUT2D eigenvalue weighted by molar-refractivity contribution is 0.249. The zero-order valence-electron chi connectivity index (χ0n) is 9.63. The van der Waals surface area contributed by atoms with Crippen LogP contribution in [0.4, 0.5) is 4.79 Å². The molecule has 0 heterocycles. The summed E-state index contributed by atoms with van der Waals surface area (Å²) in [5, 5.41) is 3.94. The molecule has 0 saturated carbocycles. The van der Waals surface area contributed by atoms with Crippen LogP contribution in [0.25, 0.3) is 0 Å². The monoisotopic (exact) mass is 209 g/mol. The number of nitrogens with zero attached hydrogens (tertiary/aromatic N) is 1. The van der Waals surface area contributed by atoms with Gasteiger partial charge < -0.3 is 5.73 Å². The van der Waals surface area contributed by atoms with Crippen molar-refractivity contribution in [3.8, 4) is 0 Å². The van der Waals surface area contributed by atoms with Gasteiger partial charge in [0.15, 0.2) is 0 Å². The Morgan fingerprint density at radius 3 is 2.80 bits per heavy atom. The fourth-order valence-corrected chi connectivity index (χ4v) is 1.85. The second kappa shape index (κ2) is 4.47. The molecule has 0 fully saturated rings. The Morgan fingerprint density at radius 2 is 2.27 bits per heavy atom. The summed E-state index contributed by atoms with van der Waals surface area (Å²) in [4.78, 5) is 10.5. The summed E-state index contributed by atoms with van der Waals surface area (Å²) < 4.78 is 0. The van der Waals surface area contributed by atoms with Gasteiger partial charge in [-0.05, 0) is 37.2 Å². The molecule has 4 heteroatoms. The van der Waals surface area contributed by atoms with E-state index in [2.05, 4.69) is 30.5 Å². The smallest absolute Gasteiger partial charge is 0.332 e. The zero-order chi connectivity index (χ0) is 11.5. The van der Waals surface area contributed by atoms with Gasteiger partial charge in [-0.25, -0.2) is 10.2 Å². The summed E-state index contributed by atoms with van der Waals surface area (Å²) in [6.07, 6.45) is 5.63. The van der Waals surface area contributed by atoms with Gasteiger partial charge in [0, 0.05) is 0 Å². The van der Waals surface area contributed by atoms with Crippen molar-refractivity contribution in [3.63, 3.8) is 0 Å². The van der Waals surface area contributed by atoms with Crippen molar-refractivity contribution < 1.29 is 4.79 Å². The van der Waals surface area contributed by atoms with Crippen LogP contribution in [-0.4, -0.2) is 11.7 Å². The molecule has 0 unspecified atom stereocenters. The minimum absolute atomic E-state index is 0.233. The number of primary amides is 1. The molecule has 84 valence electrons. The topological polar surface area (TPSA) is 67.5 Å². The van der Waals surface area contributed by atoms with Gasteiger partial charge in [-0.1, -0.05) is 19.9 Å². The van der Waals surface area contributed by atoms with Crippen LogP contribution in [0.3, 0.4) is 0 Å².